The molecule has 0 saturated carbocycles. The molecule has 3 rings (SSSR count). The van der Waals surface area contributed by atoms with E-state index in [2.05, 4.69) is 15.3 Å². The van der Waals surface area contributed by atoms with E-state index in [4.69, 9.17) is 10.2 Å². The third-order valence-electron chi connectivity index (χ3n) is 4.72. The zero-order valence-corrected chi connectivity index (χ0v) is 13.9. The number of amides is 1. The summed E-state index contributed by atoms with van der Waals surface area (Å²) in [5.74, 6) is 1.30. The summed E-state index contributed by atoms with van der Waals surface area (Å²) in [5, 5.41) is 2.98. The molecule has 6 heteroatoms. The van der Waals surface area contributed by atoms with Gasteiger partial charge in [-0.1, -0.05) is 13.8 Å². The fraction of sp³-hybridized carbons (Fsp3) is 0.333. The Morgan fingerprint density at radius 1 is 1.33 bits per heavy atom. The van der Waals surface area contributed by atoms with Gasteiger partial charge in [-0.3, -0.25) is 4.79 Å². The van der Waals surface area contributed by atoms with Crippen molar-refractivity contribution in [3.63, 3.8) is 0 Å². The van der Waals surface area contributed by atoms with E-state index < -0.39 is 5.41 Å². The standard InChI is InChI=1S/C18H22N4O2/c1-3-18(4-2,11-19)17(23)20-12-7-8-13-14(10-12)22-16(21-13)15-6-5-9-24-15/h5-10H,3-4,11,19H2,1-2H3,(H,20,23)(H,21,22). The summed E-state index contributed by atoms with van der Waals surface area (Å²) in [6.07, 6.45) is 3.03. The van der Waals surface area contributed by atoms with Gasteiger partial charge >= 0.3 is 0 Å². The van der Waals surface area contributed by atoms with Crippen molar-refractivity contribution in [1.29, 1.82) is 0 Å². The highest BCUT2D eigenvalue weighted by Gasteiger charge is 2.33. The summed E-state index contributed by atoms with van der Waals surface area (Å²) in [6.45, 7) is 4.31. The third kappa shape index (κ3) is 2.80. The van der Waals surface area contributed by atoms with Crippen LogP contribution in [0.1, 0.15) is 26.7 Å². The maximum absolute atomic E-state index is 12.6. The monoisotopic (exact) mass is 326 g/mol. The van der Waals surface area contributed by atoms with Gasteiger partial charge in [-0.15, -0.1) is 0 Å². The molecule has 0 saturated heterocycles. The predicted molar refractivity (Wildman–Crippen MR) is 94.5 cm³/mol. The van der Waals surface area contributed by atoms with Crippen molar-refractivity contribution in [1.82, 2.24) is 9.97 Å². The molecule has 0 unspecified atom stereocenters. The first-order valence-electron chi connectivity index (χ1n) is 8.17. The number of fused-ring (bicyclic) bond motifs is 1. The molecule has 126 valence electrons. The lowest BCUT2D eigenvalue weighted by atomic mass is 9.81. The van der Waals surface area contributed by atoms with Gasteiger partial charge in [0, 0.05) is 12.2 Å². The lowest BCUT2D eigenvalue weighted by Gasteiger charge is -2.28. The van der Waals surface area contributed by atoms with Gasteiger partial charge < -0.3 is 20.5 Å². The van der Waals surface area contributed by atoms with Crippen LogP contribution in [0.25, 0.3) is 22.6 Å². The van der Waals surface area contributed by atoms with Crippen LogP contribution in [0.3, 0.4) is 0 Å². The largest absolute Gasteiger partial charge is 0.461 e. The van der Waals surface area contributed by atoms with Crippen LogP contribution in [0.4, 0.5) is 5.69 Å². The number of furan rings is 1. The maximum Gasteiger partial charge on any atom is 0.231 e. The zero-order valence-electron chi connectivity index (χ0n) is 13.9. The Morgan fingerprint density at radius 2 is 2.12 bits per heavy atom. The minimum atomic E-state index is -0.526. The van der Waals surface area contributed by atoms with Gasteiger partial charge in [-0.25, -0.2) is 4.98 Å². The molecule has 4 N–H and O–H groups in total. The van der Waals surface area contributed by atoms with E-state index in [1.165, 1.54) is 0 Å². The second kappa shape index (κ2) is 6.49. The minimum Gasteiger partial charge on any atom is -0.461 e. The van der Waals surface area contributed by atoms with Crippen LogP contribution in [0.2, 0.25) is 0 Å². The van der Waals surface area contributed by atoms with Crippen molar-refractivity contribution >= 4 is 22.6 Å². The van der Waals surface area contributed by atoms with Crippen LogP contribution in [0.5, 0.6) is 0 Å². The SMILES string of the molecule is CCC(CC)(CN)C(=O)Nc1ccc2nc(-c3ccco3)[nH]c2c1. The topological polar surface area (TPSA) is 96.9 Å². The smallest absolute Gasteiger partial charge is 0.231 e. The number of nitrogens with zero attached hydrogens (tertiary/aromatic N) is 1. The van der Waals surface area contributed by atoms with Crippen LogP contribution in [-0.2, 0) is 4.79 Å². The normalized spacial score (nSPS) is 11.8. The number of carbonyl (C=O) groups is 1. The average molecular weight is 326 g/mol. The van der Waals surface area contributed by atoms with Gasteiger partial charge in [-0.05, 0) is 43.2 Å². The first-order valence-corrected chi connectivity index (χ1v) is 8.17. The lowest BCUT2D eigenvalue weighted by molar-refractivity contribution is -0.125. The summed E-state index contributed by atoms with van der Waals surface area (Å²) >= 11 is 0. The minimum absolute atomic E-state index is 0.0416. The van der Waals surface area contributed by atoms with E-state index in [0.29, 0.717) is 31.0 Å². The number of carbonyl (C=O) groups excluding carboxylic acids is 1. The van der Waals surface area contributed by atoms with Gasteiger partial charge in [0.05, 0.1) is 22.7 Å². The second-order valence-electron chi connectivity index (χ2n) is 5.94. The van der Waals surface area contributed by atoms with E-state index in [1.807, 2.05) is 44.2 Å². The number of anilines is 1. The van der Waals surface area contributed by atoms with E-state index in [0.717, 1.165) is 16.7 Å². The third-order valence-corrected chi connectivity index (χ3v) is 4.72. The molecule has 2 heterocycles. The average Bonchev–Trinajstić information content (AvgIpc) is 3.26. The number of H-pyrrole nitrogens is 1. The molecule has 1 aromatic carbocycles. The molecule has 2 aromatic heterocycles. The van der Waals surface area contributed by atoms with Gasteiger partial charge in [0.2, 0.25) is 5.91 Å². The molecule has 0 fully saturated rings. The molecule has 0 aliphatic rings. The van der Waals surface area contributed by atoms with Crippen molar-refractivity contribution in [3.8, 4) is 11.6 Å². The summed E-state index contributed by atoms with van der Waals surface area (Å²) in [4.78, 5) is 20.3. The number of hydrogen-bond acceptors (Lipinski definition) is 4. The van der Waals surface area contributed by atoms with Crippen molar-refractivity contribution in [2.45, 2.75) is 26.7 Å². The molecule has 0 radical (unpaired) electrons. The first-order chi connectivity index (χ1) is 11.6. The molecule has 6 nitrogen and oxygen atoms in total. The molecule has 3 aromatic rings. The Balaban J connectivity index is 1.87. The number of imidazole rings is 1. The molecular weight excluding hydrogens is 304 g/mol. The molecule has 0 atom stereocenters. The number of hydrogen-bond donors (Lipinski definition) is 3. The molecule has 0 bridgehead atoms. The van der Waals surface area contributed by atoms with E-state index >= 15 is 0 Å². The van der Waals surface area contributed by atoms with Crippen LogP contribution in [0.15, 0.2) is 41.0 Å². The fourth-order valence-electron chi connectivity index (χ4n) is 2.83. The summed E-state index contributed by atoms with van der Waals surface area (Å²) in [5.41, 5.74) is 7.70. The Kier molecular flexibility index (Phi) is 4.40. The van der Waals surface area contributed by atoms with Crippen molar-refractivity contribution in [2.75, 3.05) is 11.9 Å². The molecular formula is C18H22N4O2. The van der Waals surface area contributed by atoms with Crippen molar-refractivity contribution in [3.05, 3.63) is 36.6 Å². The number of aromatic nitrogens is 2. The van der Waals surface area contributed by atoms with Crippen LogP contribution < -0.4 is 11.1 Å². The molecule has 1 amide bonds. The number of aromatic amines is 1. The van der Waals surface area contributed by atoms with Gasteiger partial charge in [0.25, 0.3) is 0 Å². The molecule has 0 spiro atoms. The highest BCUT2D eigenvalue weighted by molar-refractivity contribution is 5.97. The Hall–Kier alpha value is -2.60. The van der Waals surface area contributed by atoms with Gasteiger partial charge in [-0.2, -0.15) is 0 Å². The Bertz CT molecular complexity index is 824. The maximum atomic E-state index is 12.6. The molecule has 24 heavy (non-hydrogen) atoms. The van der Waals surface area contributed by atoms with E-state index in [1.54, 1.807) is 6.26 Å². The summed E-state index contributed by atoms with van der Waals surface area (Å²) in [6, 6.07) is 9.25. The highest BCUT2D eigenvalue weighted by atomic mass is 16.3. The van der Waals surface area contributed by atoms with E-state index in [9.17, 15) is 4.79 Å². The summed E-state index contributed by atoms with van der Waals surface area (Å²) < 4.78 is 5.35. The van der Waals surface area contributed by atoms with Crippen LogP contribution in [0, 0.1) is 5.41 Å². The number of nitrogens with two attached hydrogens (primary N) is 1. The molecule has 0 aliphatic carbocycles. The van der Waals surface area contributed by atoms with Crippen LogP contribution in [-0.4, -0.2) is 22.4 Å². The predicted octanol–water partition coefficient (Wildman–Crippen LogP) is 3.53. The highest BCUT2D eigenvalue weighted by Crippen LogP contribution is 2.28. The number of rotatable bonds is 6. The zero-order chi connectivity index (χ0) is 17.2. The van der Waals surface area contributed by atoms with Gasteiger partial charge in [0.1, 0.15) is 0 Å². The van der Waals surface area contributed by atoms with Crippen molar-refractivity contribution in [2.24, 2.45) is 11.1 Å². The number of nitrogens with one attached hydrogen (secondary N) is 2. The summed E-state index contributed by atoms with van der Waals surface area (Å²) in [7, 11) is 0. The second-order valence-corrected chi connectivity index (χ2v) is 5.94. The lowest BCUT2D eigenvalue weighted by Crippen LogP contribution is -2.41. The number of benzene rings is 1. The van der Waals surface area contributed by atoms with Crippen molar-refractivity contribution < 1.29 is 9.21 Å². The Morgan fingerprint density at radius 3 is 2.75 bits per heavy atom. The van der Waals surface area contributed by atoms with Crippen LogP contribution >= 0.6 is 0 Å². The fourth-order valence-corrected chi connectivity index (χ4v) is 2.83. The Labute approximate surface area is 140 Å². The quantitative estimate of drug-likeness (QED) is 0.645. The first kappa shape index (κ1) is 16.3. The molecule has 0 aliphatic heterocycles. The van der Waals surface area contributed by atoms with E-state index in [-0.39, 0.29) is 5.91 Å². The van der Waals surface area contributed by atoms with Gasteiger partial charge in [0.15, 0.2) is 11.6 Å².